The Kier molecular flexibility index (Phi) is 15.4. The van der Waals surface area contributed by atoms with E-state index in [2.05, 4.69) is 22.2 Å². The highest BCUT2D eigenvalue weighted by molar-refractivity contribution is 5.75. The quantitative estimate of drug-likeness (QED) is 0.464. The van der Waals surface area contributed by atoms with Gasteiger partial charge < -0.3 is 30.0 Å². The average Bonchev–Trinajstić information content (AvgIpc) is 3.37. The molecule has 1 aromatic heterocycles. The molecule has 0 spiro atoms. The number of hydrogen-bond donors (Lipinski definition) is 3. The Balaban J connectivity index is 0.000000375. The Morgan fingerprint density at radius 3 is 2.24 bits per heavy atom. The number of phenols is 1. The molecule has 212 valence electrons. The summed E-state index contributed by atoms with van der Waals surface area (Å²) < 4.78 is 5.08. The number of benzene rings is 1. The average molecular weight is 530 g/mol. The summed E-state index contributed by atoms with van der Waals surface area (Å²) in [4.78, 5) is 25.9. The molecule has 2 aromatic rings. The number of aromatic hydroxyl groups is 1. The van der Waals surface area contributed by atoms with Crippen LogP contribution < -0.4 is 10.1 Å². The second-order valence-electron chi connectivity index (χ2n) is 9.55. The van der Waals surface area contributed by atoms with Crippen molar-refractivity contribution in [2.75, 3.05) is 27.2 Å². The van der Waals surface area contributed by atoms with Crippen LogP contribution >= 0.6 is 0 Å². The number of carbonyl (C=O) groups excluding carboxylic acids is 2. The standard InChI is InChI=1S/C17H27N3O2.C8H8O2.C3H6O.C2H6/c1-20-10-7-15(12-20)19-14-5-8-17(21,9-6-14)13-3-4-16(22-2)18-11-13;1-6-2-3-7(5-9)4-8(6)10;1-2-3-4;1-2/h3-4,11,14-15,19,21H,5-10,12H2,1-2H3;2-5,10H,1H3;3H,2H2,1H3;1-2H3. The summed E-state index contributed by atoms with van der Waals surface area (Å²) >= 11 is 0. The SMILES string of the molecule is CC.CCC=O.COc1ccc(C2(O)CCC(NC3CCN(C)C3)CC2)cn1.Cc1ccc(C=O)cc1O. The fourth-order valence-electron chi connectivity index (χ4n) is 4.43. The second-order valence-corrected chi connectivity index (χ2v) is 9.55. The molecule has 2 heterocycles. The Labute approximate surface area is 228 Å². The number of likely N-dealkylation sites (tertiary alicyclic amines) is 1. The molecular formula is C30H47N3O5. The molecule has 1 aromatic carbocycles. The van der Waals surface area contributed by atoms with E-state index in [1.54, 1.807) is 32.4 Å². The van der Waals surface area contributed by atoms with Crippen LogP contribution in [0, 0.1) is 6.92 Å². The Bertz CT molecular complexity index is 943. The van der Waals surface area contributed by atoms with Gasteiger partial charge in [0.05, 0.1) is 12.7 Å². The van der Waals surface area contributed by atoms with E-state index >= 15 is 0 Å². The zero-order valence-electron chi connectivity index (χ0n) is 23.9. The van der Waals surface area contributed by atoms with E-state index in [1.165, 1.54) is 19.0 Å². The van der Waals surface area contributed by atoms with E-state index in [9.17, 15) is 14.7 Å². The Morgan fingerprint density at radius 2 is 1.79 bits per heavy atom. The molecule has 2 fully saturated rings. The van der Waals surface area contributed by atoms with Crippen molar-refractivity contribution >= 4 is 12.6 Å². The van der Waals surface area contributed by atoms with Crippen molar-refractivity contribution in [1.29, 1.82) is 0 Å². The van der Waals surface area contributed by atoms with Crippen LogP contribution in [0.4, 0.5) is 0 Å². The molecule has 1 saturated heterocycles. The Morgan fingerprint density at radius 1 is 1.13 bits per heavy atom. The number of aliphatic hydroxyl groups is 1. The van der Waals surface area contributed by atoms with Crippen LogP contribution in [0.5, 0.6) is 11.6 Å². The minimum Gasteiger partial charge on any atom is -0.508 e. The van der Waals surface area contributed by atoms with Gasteiger partial charge in [-0.05, 0) is 70.3 Å². The highest BCUT2D eigenvalue weighted by Crippen LogP contribution is 2.37. The number of aldehydes is 2. The maximum absolute atomic E-state index is 10.9. The third-order valence-electron chi connectivity index (χ3n) is 6.69. The summed E-state index contributed by atoms with van der Waals surface area (Å²) in [6.45, 7) is 9.92. The van der Waals surface area contributed by atoms with Gasteiger partial charge >= 0.3 is 0 Å². The van der Waals surface area contributed by atoms with Crippen molar-refractivity contribution in [2.24, 2.45) is 0 Å². The van der Waals surface area contributed by atoms with E-state index in [0.717, 1.165) is 49.6 Å². The van der Waals surface area contributed by atoms with Gasteiger partial charge in [-0.2, -0.15) is 0 Å². The smallest absolute Gasteiger partial charge is 0.212 e. The largest absolute Gasteiger partial charge is 0.508 e. The summed E-state index contributed by atoms with van der Waals surface area (Å²) in [6, 6.07) is 9.73. The number of aromatic nitrogens is 1. The first-order valence-electron chi connectivity index (χ1n) is 13.6. The van der Waals surface area contributed by atoms with E-state index in [-0.39, 0.29) is 5.75 Å². The molecule has 2 aliphatic rings. The van der Waals surface area contributed by atoms with Crippen molar-refractivity contribution in [3.05, 3.63) is 53.2 Å². The first-order valence-corrected chi connectivity index (χ1v) is 13.6. The maximum atomic E-state index is 10.9. The van der Waals surface area contributed by atoms with Crippen molar-refractivity contribution in [3.8, 4) is 11.6 Å². The number of likely N-dealkylation sites (N-methyl/N-ethyl adjacent to an activating group) is 1. The summed E-state index contributed by atoms with van der Waals surface area (Å²) in [5.41, 5.74) is 1.46. The molecule has 1 atom stereocenters. The fourth-order valence-corrected chi connectivity index (χ4v) is 4.43. The molecule has 0 amide bonds. The topological polar surface area (TPSA) is 112 Å². The number of nitrogens with one attached hydrogen (secondary N) is 1. The van der Waals surface area contributed by atoms with Gasteiger partial charge in [0.25, 0.3) is 0 Å². The van der Waals surface area contributed by atoms with Crippen molar-refractivity contribution in [1.82, 2.24) is 15.2 Å². The molecule has 8 heteroatoms. The van der Waals surface area contributed by atoms with Gasteiger partial charge in [0.15, 0.2) is 0 Å². The van der Waals surface area contributed by atoms with Crippen LogP contribution in [0.15, 0.2) is 36.5 Å². The van der Waals surface area contributed by atoms with Crippen LogP contribution in [0.25, 0.3) is 0 Å². The summed E-state index contributed by atoms with van der Waals surface area (Å²) in [7, 11) is 3.78. The zero-order valence-corrected chi connectivity index (χ0v) is 23.9. The van der Waals surface area contributed by atoms with Crippen molar-refractivity contribution in [3.63, 3.8) is 0 Å². The second kappa shape index (κ2) is 17.7. The van der Waals surface area contributed by atoms with Gasteiger partial charge in [-0.15, -0.1) is 0 Å². The predicted octanol–water partition coefficient (Wildman–Crippen LogP) is 4.65. The van der Waals surface area contributed by atoms with Gasteiger partial charge in [-0.3, -0.25) is 4.79 Å². The predicted molar refractivity (Wildman–Crippen MR) is 152 cm³/mol. The molecule has 0 bridgehead atoms. The first-order chi connectivity index (χ1) is 18.2. The molecule has 1 saturated carbocycles. The van der Waals surface area contributed by atoms with E-state index < -0.39 is 5.60 Å². The molecule has 1 aliphatic heterocycles. The highest BCUT2D eigenvalue weighted by Gasteiger charge is 2.36. The zero-order chi connectivity index (χ0) is 28.6. The lowest BCUT2D eigenvalue weighted by Crippen LogP contribution is -2.44. The number of pyridine rings is 1. The number of carbonyl (C=O) groups is 2. The number of nitrogens with zero attached hydrogens (tertiary/aromatic N) is 2. The molecule has 1 unspecified atom stereocenters. The summed E-state index contributed by atoms with van der Waals surface area (Å²) in [5, 5.41) is 23.7. The minimum absolute atomic E-state index is 0.171. The lowest BCUT2D eigenvalue weighted by Gasteiger charge is -2.37. The Hall–Kier alpha value is -2.81. The van der Waals surface area contributed by atoms with Gasteiger partial charge in [0.2, 0.25) is 5.88 Å². The van der Waals surface area contributed by atoms with Crippen LogP contribution in [0.2, 0.25) is 0 Å². The van der Waals surface area contributed by atoms with E-state index in [4.69, 9.17) is 9.84 Å². The third-order valence-corrected chi connectivity index (χ3v) is 6.69. The highest BCUT2D eigenvalue weighted by atomic mass is 16.5. The summed E-state index contributed by atoms with van der Waals surface area (Å²) in [6.07, 6.45) is 8.82. The normalized spacial score (nSPS) is 22.4. The van der Waals surface area contributed by atoms with Gasteiger partial charge in [0.1, 0.15) is 18.3 Å². The number of ether oxygens (including phenoxy) is 1. The molecule has 1 aliphatic carbocycles. The van der Waals surface area contributed by atoms with Gasteiger partial charge in [-0.25, -0.2) is 4.98 Å². The van der Waals surface area contributed by atoms with Gasteiger partial charge in [0, 0.05) is 48.4 Å². The lowest BCUT2D eigenvalue weighted by atomic mass is 9.78. The maximum Gasteiger partial charge on any atom is 0.212 e. The molecule has 4 rings (SSSR count). The molecule has 38 heavy (non-hydrogen) atoms. The number of methoxy groups -OCH3 is 1. The molecule has 0 radical (unpaired) electrons. The van der Waals surface area contributed by atoms with Crippen LogP contribution in [-0.4, -0.2) is 72.0 Å². The van der Waals surface area contributed by atoms with Crippen LogP contribution in [0.1, 0.15) is 80.8 Å². The molecule has 8 nitrogen and oxygen atoms in total. The number of hydrogen-bond acceptors (Lipinski definition) is 8. The lowest BCUT2D eigenvalue weighted by molar-refractivity contribution is -0.107. The molecule has 3 N–H and O–H groups in total. The monoisotopic (exact) mass is 529 g/mol. The van der Waals surface area contributed by atoms with Crippen LogP contribution in [-0.2, 0) is 10.4 Å². The summed E-state index contributed by atoms with van der Waals surface area (Å²) in [5.74, 6) is 0.762. The van der Waals surface area contributed by atoms with E-state index in [1.807, 2.05) is 32.9 Å². The van der Waals surface area contributed by atoms with Crippen molar-refractivity contribution < 1.29 is 24.5 Å². The molecular weight excluding hydrogens is 482 g/mol. The van der Waals surface area contributed by atoms with Gasteiger partial charge in [-0.1, -0.05) is 32.9 Å². The third kappa shape index (κ3) is 10.9. The fraction of sp³-hybridized carbons (Fsp3) is 0.567. The number of rotatable bonds is 6. The number of phenolic OH excluding ortho intramolecular Hbond substituents is 1. The minimum atomic E-state index is -0.732. The first kappa shape index (κ1) is 33.2. The van der Waals surface area contributed by atoms with E-state index in [0.29, 0.717) is 36.2 Å². The van der Waals surface area contributed by atoms with Crippen molar-refractivity contribution in [2.45, 2.75) is 83.9 Å². The van der Waals surface area contributed by atoms with Crippen LogP contribution in [0.3, 0.4) is 0 Å². The number of aryl methyl sites for hydroxylation is 1.